The van der Waals surface area contributed by atoms with Gasteiger partial charge < -0.3 is 9.47 Å². The van der Waals surface area contributed by atoms with Crippen molar-refractivity contribution in [1.82, 2.24) is 9.97 Å². The van der Waals surface area contributed by atoms with Gasteiger partial charge in [0, 0.05) is 0 Å². The Morgan fingerprint density at radius 1 is 1.53 bits per heavy atom. The Hall–Kier alpha value is -2.69. The summed E-state index contributed by atoms with van der Waals surface area (Å²) in [5.74, 6) is -1.06. The molecule has 0 N–H and O–H groups in total. The van der Waals surface area contributed by atoms with Gasteiger partial charge in [0.1, 0.15) is 5.69 Å². The summed E-state index contributed by atoms with van der Waals surface area (Å²) >= 11 is 0. The molecule has 0 saturated heterocycles. The van der Waals surface area contributed by atoms with Crippen LogP contribution in [-0.4, -0.2) is 29.1 Å². The number of rotatable bonds is 6. The lowest BCUT2D eigenvalue weighted by atomic mass is 10.0. The van der Waals surface area contributed by atoms with Crippen molar-refractivity contribution in [3.8, 4) is 18.0 Å². The number of hydrogen-bond donors (Lipinski definition) is 0. The molecule has 0 amide bonds. The second kappa shape index (κ2) is 6.30. The Labute approximate surface area is 109 Å². The first-order chi connectivity index (χ1) is 9.08. The molecule has 100 valence electrons. The van der Waals surface area contributed by atoms with Crippen molar-refractivity contribution in [2.45, 2.75) is 12.3 Å². The van der Waals surface area contributed by atoms with Crippen molar-refractivity contribution < 1.29 is 14.4 Å². The van der Waals surface area contributed by atoms with E-state index in [0.29, 0.717) is 0 Å². The summed E-state index contributed by atoms with van der Waals surface area (Å²) in [5, 5.41) is 20.2. The molecule has 0 aliphatic rings. The van der Waals surface area contributed by atoms with Crippen LogP contribution in [-0.2, 0) is 0 Å². The Morgan fingerprint density at radius 3 is 2.63 bits per heavy atom. The maximum atomic E-state index is 11.1. The molecule has 1 aromatic rings. The Balaban J connectivity index is 3.53. The molecule has 0 aliphatic carbocycles. The van der Waals surface area contributed by atoms with E-state index in [-0.39, 0.29) is 24.0 Å². The van der Waals surface area contributed by atoms with Crippen molar-refractivity contribution in [2.24, 2.45) is 0 Å². The number of hydrogen-bond acceptors (Lipinski definition) is 7. The fourth-order valence-electron chi connectivity index (χ4n) is 1.47. The highest BCUT2D eigenvalue weighted by atomic mass is 16.6. The topological polar surface area (TPSA) is 111 Å². The summed E-state index contributed by atoms with van der Waals surface area (Å²) < 4.78 is 9.70. The van der Waals surface area contributed by atoms with E-state index in [1.54, 1.807) is 0 Å². The van der Waals surface area contributed by atoms with E-state index >= 15 is 0 Å². The normalized spacial score (nSPS) is 11.2. The van der Waals surface area contributed by atoms with Gasteiger partial charge in [-0.15, -0.1) is 6.58 Å². The second-order valence-corrected chi connectivity index (χ2v) is 3.42. The molecule has 0 aromatic carbocycles. The fourth-order valence-corrected chi connectivity index (χ4v) is 1.47. The molecule has 0 bridgehead atoms. The molecule has 1 heterocycles. The Kier molecular flexibility index (Phi) is 4.76. The molecule has 0 aliphatic heterocycles. The summed E-state index contributed by atoms with van der Waals surface area (Å²) in [4.78, 5) is 18.0. The lowest BCUT2D eigenvalue weighted by Gasteiger charge is -2.10. The van der Waals surface area contributed by atoms with Crippen molar-refractivity contribution in [3.63, 3.8) is 0 Å². The molecular formula is C11H12N4O4. The van der Waals surface area contributed by atoms with E-state index in [4.69, 9.17) is 14.7 Å². The molecule has 0 unspecified atom stereocenters. The number of ether oxygens (including phenoxy) is 2. The second-order valence-electron chi connectivity index (χ2n) is 3.42. The van der Waals surface area contributed by atoms with E-state index in [1.165, 1.54) is 20.3 Å². The van der Waals surface area contributed by atoms with Gasteiger partial charge in [-0.2, -0.15) is 15.2 Å². The van der Waals surface area contributed by atoms with Gasteiger partial charge in [-0.1, -0.05) is 6.08 Å². The first kappa shape index (κ1) is 14.4. The number of nitriles is 1. The lowest BCUT2D eigenvalue weighted by Crippen LogP contribution is -2.09. The lowest BCUT2D eigenvalue weighted by molar-refractivity contribution is -0.387. The van der Waals surface area contributed by atoms with Crippen LogP contribution in [0.1, 0.15) is 18.0 Å². The van der Waals surface area contributed by atoms with Crippen molar-refractivity contribution >= 4 is 5.69 Å². The van der Waals surface area contributed by atoms with Gasteiger partial charge in [0.25, 0.3) is 0 Å². The van der Waals surface area contributed by atoms with E-state index in [2.05, 4.69) is 16.5 Å². The molecule has 19 heavy (non-hydrogen) atoms. The predicted octanol–water partition coefficient (Wildman–Crippen LogP) is 1.59. The van der Waals surface area contributed by atoms with E-state index in [0.717, 1.165) is 0 Å². The Bertz CT molecular complexity index is 538. The largest absolute Gasteiger partial charge is 0.476 e. The van der Waals surface area contributed by atoms with Crippen molar-refractivity contribution in [3.05, 3.63) is 28.5 Å². The average molecular weight is 264 g/mol. The van der Waals surface area contributed by atoms with Gasteiger partial charge >= 0.3 is 17.6 Å². The summed E-state index contributed by atoms with van der Waals surface area (Å²) in [7, 11) is 2.56. The van der Waals surface area contributed by atoms with E-state index < -0.39 is 16.5 Å². The van der Waals surface area contributed by atoms with Crippen LogP contribution in [0.2, 0.25) is 0 Å². The molecule has 1 atom stereocenters. The van der Waals surface area contributed by atoms with Gasteiger partial charge in [0.05, 0.1) is 31.1 Å². The van der Waals surface area contributed by atoms with Gasteiger partial charge in [-0.3, -0.25) is 10.1 Å². The highest BCUT2D eigenvalue weighted by Gasteiger charge is 2.30. The molecule has 0 radical (unpaired) electrons. The van der Waals surface area contributed by atoms with Crippen LogP contribution in [0.3, 0.4) is 0 Å². The monoisotopic (exact) mass is 264 g/mol. The third-order valence-corrected chi connectivity index (χ3v) is 2.31. The fraction of sp³-hybridized carbons (Fsp3) is 0.364. The van der Waals surface area contributed by atoms with Gasteiger partial charge in [-0.25, -0.2) is 0 Å². The SMILES string of the molecule is C=CC[C@@H](C#N)c1nc(OC)nc(OC)c1[N+](=O)[O-]. The maximum absolute atomic E-state index is 11.1. The van der Waals surface area contributed by atoms with Crippen molar-refractivity contribution in [2.75, 3.05) is 14.2 Å². The molecule has 1 rings (SSSR count). The summed E-state index contributed by atoms with van der Waals surface area (Å²) in [6.07, 6.45) is 1.71. The molecule has 0 saturated carbocycles. The molecule has 0 fully saturated rings. The van der Waals surface area contributed by atoms with Crippen LogP contribution < -0.4 is 9.47 Å². The molecule has 0 spiro atoms. The third-order valence-electron chi connectivity index (χ3n) is 2.31. The minimum absolute atomic E-state index is 0.0453. The number of nitrogens with zero attached hydrogens (tertiary/aromatic N) is 4. The molecule has 8 heteroatoms. The minimum atomic E-state index is -0.816. The molecular weight excluding hydrogens is 252 g/mol. The summed E-state index contributed by atoms with van der Waals surface area (Å²) in [6.45, 7) is 3.51. The Morgan fingerprint density at radius 2 is 2.21 bits per heavy atom. The van der Waals surface area contributed by atoms with E-state index in [9.17, 15) is 10.1 Å². The zero-order valence-electron chi connectivity index (χ0n) is 10.5. The van der Waals surface area contributed by atoms with Crippen molar-refractivity contribution in [1.29, 1.82) is 5.26 Å². The van der Waals surface area contributed by atoms with Gasteiger partial charge in [0.2, 0.25) is 0 Å². The minimum Gasteiger partial charge on any atom is -0.476 e. The van der Waals surface area contributed by atoms with Crippen LogP contribution in [0.5, 0.6) is 11.9 Å². The first-order valence-corrected chi connectivity index (χ1v) is 5.23. The number of nitro groups is 1. The quantitative estimate of drug-likeness (QED) is 0.435. The first-order valence-electron chi connectivity index (χ1n) is 5.23. The average Bonchev–Trinajstić information content (AvgIpc) is 2.42. The number of allylic oxidation sites excluding steroid dienone is 1. The van der Waals surface area contributed by atoms with Crippen LogP contribution >= 0.6 is 0 Å². The standard InChI is InChI=1S/C11H12N4O4/c1-4-5-7(6-12)8-9(15(16)17)10(18-2)14-11(13-8)19-3/h4,7H,1,5H2,2-3H3/t7-/m0/s1. The summed E-state index contributed by atoms with van der Waals surface area (Å²) in [6, 6.07) is 1.84. The van der Waals surface area contributed by atoms with Crippen LogP contribution in [0, 0.1) is 21.4 Å². The number of aromatic nitrogens is 2. The van der Waals surface area contributed by atoms with Crippen LogP contribution in [0.4, 0.5) is 5.69 Å². The molecule has 8 nitrogen and oxygen atoms in total. The number of methoxy groups -OCH3 is 2. The van der Waals surface area contributed by atoms with E-state index in [1.807, 2.05) is 6.07 Å². The van der Waals surface area contributed by atoms with Gasteiger partial charge in [0.15, 0.2) is 0 Å². The zero-order chi connectivity index (χ0) is 14.4. The highest BCUT2D eigenvalue weighted by molar-refractivity contribution is 5.49. The highest BCUT2D eigenvalue weighted by Crippen LogP contribution is 2.35. The van der Waals surface area contributed by atoms with Crippen LogP contribution in [0.15, 0.2) is 12.7 Å². The molecule has 1 aromatic heterocycles. The van der Waals surface area contributed by atoms with Gasteiger partial charge in [-0.05, 0) is 6.42 Å². The smallest absolute Gasteiger partial charge is 0.353 e. The maximum Gasteiger partial charge on any atom is 0.353 e. The third kappa shape index (κ3) is 2.95. The van der Waals surface area contributed by atoms with Crippen LogP contribution in [0.25, 0.3) is 0 Å². The zero-order valence-corrected chi connectivity index (χ0v) is 10.5. The summed E-state index contributed by atoms with van der Waals surface area (Å²) in [5.41, 5.74) is -0.479. The predicted molar refractivity (Wildman–Crippen MR) is 65.0 cm³/mol.